The summed E-state index contributed by atoms with van der Waals surface area (Å²) in [5.41, 5.74) is 3.24. The van der Waals surface area contributed by atoms with Gasteiger partial charge in [0.15, 0.2) is 0 Å². The molecule has 1 atom stereocenters. The summed E-state index contributed by atoms with van der Waals surface area (Å²) in [6.45, 7) is 4.40. The minimum atomic E-state index is 0.605. The van der Waals surface area contributed by atoms with Crippen LogP contribution in [0.1, 0.15) is 42.7 Å². The molecule has 1 aliphatic carbocycles. The monoisotopic (exact) mass is 293 g/mol. The molecule has 0 saturated heterocycles. The number of fused-ring (bicyclic) bond motifs is 1. The fourth-order valence-corrected chi connectivity index (χ4v) is 4.45. The molecule has 2 aromatic rings. The summed E-state index contributed by atoms with van der Waals surface area (Å²) in [6, 6.07) is 0. The van der Waals surface area contributed by atoms with Crippen molar-refractivity contribution in [1.82, 2.24) is 15.3 Å². The molecule has 3 nitrogen and oxygen atoms in total. The van der Waals surface area contributed by atoms with Crippen LogP contribution in [0.15, 0.2) is 11.7 Å². The molecule has 3 rings (SSSR count). The molecule has 0 amide bonds. The molecule has 0 bridgehead atoms. The molecule has 0 spiro atoms. The maximum Gasteiger partial charge on any atom is 0.135 e. The number of aromatic nitrogens is 2. The third-order valence-electron chi connectivity index (χ3n) is 3.53. The van der Waals surface area contributed by atoms with Crippen LogP contribution in [0.5, 0.6) is 0 Å². The van der Waals surface area contributed by atoms with E-state index in [1.54, 1.807) is 11.3 Å². The van der Waals surface area contributed by atoms with Crippen molar-refractivity contribution in [3.63, 3.8) is 0 Å². The van der Waals surface area contributed by atoms with Crippen LogP contribution < -0.4 is 5.32 Å². The molecule has 0 aliphatic heterocycles. The SMILES string of the molecule is CCCNCC1CCCc2sc(-c3cncs3)nc21. The van der Waals surface area contributed by atoms with E-state index in [2.05, 4.69) is 17.2 Å². The summed E-state index contributed by atoms with van der Waals surface area (Å²) in [6.07, 6.45) is 6.91. The minimum Gasteiger partial charge on any atom is -0.316 e. The fraction of sp³-hybridized carbons (Fsp3) is 0.571. The third-order valence-corrected chi connectivity index (χ3v) is 5.60. The lowest BCUT2D eigenvalue weighted by Gasteiger charge is -2.21. The maximum atomic E-state index is 4.90. The van der Waals surface area contributed by atoms with Gasteiger partial charge in [0.2, 0.25) is 0 Å². The third kappa shape index (κ3) is 2.88. The second kappa shape index (κ2) is 6.11. The predicted molar refractivity (Wildman–Crippen MR) is 82.1 cm³/mol. The lowest BCUT2D eigenvalue weighted by atomic mass is 9.91. The molecule has 1 N–H and O–H groups in total. The number of rotatable bonds is 5. The Kier molecular flexibility index (Phi) is 4.25. The standard InChI is InChI=1S/C14H19N3S2/c1-2-6-15-7-10-4-3-5-11-13(10)17-14(19-11)12-8-16-9-18-12/h8-10,15H,2-7H2,1H3. The van der Waals surface area contributed by atoms with Crippen molar-refractivity contribution in [2.24, 2.45) is 0 Å². The van der Waals surface area contributed by atoms with Crippen LogP contribution in [-0.2, 0) is 6.42 Å². The van der Waals surface area contributed by atoms with E-state index in [0.717, 1.165) is 18.1 Å². The number of thiazole rings is 2. The van der Waals surface area contributed by atoms with Crippen LogP contribution >= 0.6 is 22.7 Å². The van der Waals surface area contributed by atoms with Gasteiger partial charge >= 0.3 is 0 Å². The molecular weight excluding hydrogens is 274 g/mol. The van der Waals surface area contributed by atoms with Gasteiger partial charge in [0.1, 0.15) is 5.01 Å². The number of nitrogens with zero attached hydrogens (tertiary/aromatic N) is 2. The van der Waals surface area contributed by atoms with Crippen molar-refractivity contribution >= 4 is 22.7 Å². The normalized spacial score (nSPS) is 18.5. The quantitative estimate of drug-likeness (QED) is 0.854. The number of hydrogen-bond acceptors (Lipinski definition) is 5. The average molecular weight is 293 g/mol. The van der Waals surface area contributed by atoms with Gasteiger partial charge in [0, 0.05) is 23.5 Å². The van der Waals surface area contributed by atoms with Gasteiger partial charge in [-0.1, -0.05) is 6.92 Å². The number of aryl methyl sites for hydroxylation is 1. The van der Waals surface area contributed by atoms with E-state index in [-0.39, 0.29) is 0 Å². The Morgan fingerprint density at radius 1 is 1.47 bits per heavy atom. The smallest absolute Gasteiger partial charge is 0.135 e. The van der Waals surface area contributed by atoms with Crippen LogP contribution in [0.3, 0.4) is 0 Å². The highest BCUT2D eigenvalue weighted by atomic mass is 32.1. The molecule has 19 heavy (non-hydrogen) atoms. The first kappa shape index (κ1) is 13.2. The Morgan fingerprint density at radius 3 is 3.21 bits per heavy atom. The summed E-state index contributed by atoms with van der Waals surface area (Å²) in [7, 11) is 0. The van der Waals surface area contributed by atoms with Gasteiger partial charge in [-0.15, -0.1) is 22.7 Å². The van der Waals surface area contributed by atoms with Gasteiger partial charge in [-0.25, -0.2) is 4.98 Å². The molecule has 5 heteroatoms. The Balaban J connectivity index is 1.80. The second-order valence-electron chi connectivity index (χ2n) is 4.99. The molecule has 0 saturated carbocycles. The molecule has 1 unspecified atom stereocenters. The van der Waals surface area contributed by atoms with E-state index in [1.807, 2.05) is 23.0 Å². The van der Waals surface area contributed by atoms with Gasteiger partial charge in [-0.3, -0.25) is 4.98 Å². The molecule has 0 fully saturated rings. The zero-order valence-corrected chi connectivity index (χ0v) is 12.8. The van der Waals surface area contributed by atoms with Crippen molar-refractivity contribution in [3.05, 3.63) is 22.3 Å². The summed E-state index contributed by atoms with van der Waals surface area (Å²) in [5, 5.41) is 4.71. The first-order valence-electron chi connectivity index (χ1n) is 6.97. The average Bonchev–Trinajstić information content (AvgIpc) is 3.08. The number of hydrogen-bond donors (Lipinski definition) is 1. The Labute approximate surface area is 122 Å². The molecular formula is C14H19N3S2. The Morgan fingerprint density at radius 2 is 2.42 bits per heavy atom. The highest BCUT2D eigenvalue weighted by Crippen LogP contribution is 2.38. The molecule has 0 aromatic carbocycles. The van der Waals surface area contributed by atoms with Crippen molar-refractivity contribution in [3.8, 4) is 9.88 Å². The highest BCUT2D eigenvalue weighted by molar-refractivity contribution is 7.20. The summed E-state index contributed by atoms with van der Waals surface area (Å²) >= 11 is 3.55. The Bertz CT molecular complexity index is 519. The van der Waals surface area contributed by atoms with Crippen molar-refractivity contribution in [1.29, 1.82) is 0 Å². The summed E-state index contributed by atoms with van der Waals surface area (Å²) < 4.78 is 0. The summed E-state index contributed by atoms with van der Waals surface area (Å²) in [5.74, 6) is 0.605. The largest absolute Gasteiger partial charge is 0.316 e. The van der Waals surface area contributed by atoms with Crippen LogP contribution in [0.4, 0.5) is 0 Å². The fourth-order valence-electron chi connectivity index (χ4n) is 2.59. The molecule has 102 valence electrons. The minimum absolute atomic E-state index is 0.605. The van der Waals surface area contributed by atoms with Gasteiger partial charge < -0.3 is 5.32 Å². The molecule has 1 aliphatic rings. The van der Waals surface area contributed by atoms with Crippen molar-refractivity contribution in [2.45, 2.75) is 38.5 Å². The molecule has 0 radical (unpaired) electrons. The second-order valence-corrected chi connectivity index (χ2v) is 6.96. The zero-order valence-electron chi connectivity index (χ0n) is 11.2. The van der Waals surface area contributed by atoms with E-state index >= 15 is 0 Å². The lowest BCUT2D eigenvalue weighted by molar-refractivity contribution is 0.502. The zero-order chi connectivity index (χ0) is 13.1. The van der Waals surface area contributed by atoms with E-state index in [1.165, 1.54) is 41.1 Å². The molecule has 2 aromatic heterocycles. The highest BCUT2D eigenvalue weighted by Gasteiger charge is 2.25. The maximum absolute atomic E-state index is 4.90. The topological polar surface area (TPSA) is 37.8 Å². The van der Waals surface area contributed by atoms with E-state index in [4.69, 9.17) is 4.98 Å². The first-order valence-corrected chi connectivity index (χ1v) is 8.67. The van der Waals surface area contributed by atoms with Gasteiger partial charge in [-0.2, -0.15) is 0 Å². The van der Waals surface area contributed by atoms with Crippen LogP contribution in [-0.4, -0.2) is 23.1 Å². The predicted octanol–water partition coefficient (Wildman–Crippen LogP) is 3.69. The van der Waals surface area contributed by atoms with Crippen molar-refractivity contribution in [2.75, 3.05) is 13.1 Å². The van der Waals surface area contributed by atoms with Gasteiger partial charge in [0.25, 0.3) is 0 Å². The van der Waals surface area contributed by atoms with E-state index < -0.39 is 0 Å². The van der Waals surface area contributed by atoms with Crippen LogP contribution in [0.2, 0.25) is 0 Å². The summed E-state index contributed by atoms with van der Waals surface area (Å²) in [4.78, 5) is 11.8. The van der Waals surface area contributed by atoms with Crippen LogP contribution in [0.25, 0.3) is 9.88 Å². The van der Waals surface area contributed by atoms with Gasteiger partial charge in [-0.05, 0) is 32.2 Å². The number of nitrogens with one attached hydrogen (secondary N) is 1. The van der Waals surface area contributed by atoms with Crippen LogP contribution in [0, 0.1) is 0 Å². The molecule has 2 heterocycles. The lowest BCUT2D eigenvalue weighted by Crippen LogP contribution is -2.24. The van der Waals surface area contributed by atoms with E-state index in [9.17, 15) is 0 Å². The first-order chi connectivity index (χ1) is 9.38. The van der Waals surface area contributed by atoms with E-state index in [0.29, 0.717) is 5.92 Å². The van der Waals surface area contributed by atoms with Crippen molar-refractivity contribution < 1.29 is 0 Å². The Hall–Kier alpha value is -0.780. The van der Waals surface area contributed by atoms with Gasteiger partial charge in [0.05, 0.1) is 16.1 Å².